The topological polar surface area (TPSA) is 44.8 Å². The molecule has 1 saturated heterocycles. The van der Waals surface area contributed by atoms with Gasteiger partial charge in [-0.15, -0.1) is 13.2 Å². The number of carbonyl (C=O) groups is 1. The predicted octanol–water partition coefficient (Wildman–Crippen LogP) is 1.49. The van der Waals surface area contributed by atoms with Crippen LogP contribution < -0.4 is 10.1 Å². The zero-order valence-electron chi connectivity index (χ0n) is 13.8. The molecule has 1 aliphatic rings. The van der Waals surface area contributed by atoms with Crippen molar-refractivity contribution < 1.29 is 22.7 Å². The highest BCUT2D eigenvalue weighted by molar-refractivity contribution is 5.78. The number of carbonyl (C=O) groups excluding carboxylic acids is 1. The Kier molecular flexibility index (Phi) is 6.06. The molecule has 8 heteroatoms. The Morgan fingerprint density at radius 2 is 1.92 bits per heavy atom. The number of ether oxygens (including phenoxy) is 1. The molecule has 134 valence electrons. The Morgan fingerprint density at radius 3 is 2.54 bits per heavy atom. The number of hydrogen-bond donors (Lipinski definition) is 1. The Labute approximate surface area is 139 Å². The highest BCUT2D eigenvalue weighted by Crippen LogP contribution is 2.22. The summed E-state index contributed by atoms with van der Waals surface area (Å²) in [7, 11) is 4.08. The molecule has 0 spiro atoms. The van der Waals surface area contributed by atoms with Crippen molar-refractivity contribution in [3.63, 3.8) is 0 Å². The van der Waals surface area contributed by atoms with Crippen molar-refractivity contribution >= 4 is 5.91 Å². The fourth-order valence-corrected chi connectivity index (χ4v) is 2.61. The number of rotatable bonds is 5. The number of halogens is 3. The van der Waals surface area contributed by atoms with Crippen LogP contribution in [0.4, 0.5) is 13.2 Å². The molecule has 5 nitrogen and oxygen atoms in total. The number of amides is 1. The van der Waals surface area contributed by atoms with E-state index in [1.54, 1.807) is 0 Å². The SMILES string of the molecule is CN1CCN(C)C(CNC(=O)Cc2ccc(OC(F)(F)F)cc2)C1. The maximum atomic E-state index is 12.1. The van der Waals surface area contributed by atoms with Crippen molar-refractivity contribution in [3.8, 4) is 5.75 Å². The van der Waals surface area contributed by atoms with E-state index in [9.17, 15) is 18.0 Å². The summed E-state index contributed by atoms with van der Waals surface area (Å²) < 4.78 is 40.1. The van der Waals surface area contributed by atoms with Crippen LogP contribution in [0, 0.1) is 0 Å². The largest absolute Gasteiger partial charge is 0.573 e. The van der Waals surface area contributed by atoms with Crippen LogP contribution >= 0.6 is 0 Å². The van der Waals surface area contributed by atoms with Crippen LogP contribution in [0.2, 0.25) is 0 Å². The molecule has 0 saturated carbocycles. The van der Waals surface area contributed by atoms with Gasteiger partial charge in [-0.2, -0.15) is 0 Å². The first-order valence-electron chi connectivity index (χ1n) is 7.73. The maximum Gasteiger partial charge on any atom is 0.573 e. The quantitative estimate of drug-likeness (QED) is 0.878. The van der Waals surface area contributed by atoms with E-state index in [1.807, 2.05) is 14.1 Å². The summed E-state index contributed by atoms with van der Waals surface area (Å²) in [5.74, 6) is -0.445. The van der Waals surface area contributed by atoms with Gasteiger partial charge >= 0.3 is 6.36 Å². The highest BCUT2D eigenvalue weighted by atomic mass is 19.4. The van der Waals surface area contributed by atoms with Crippen molar-refractivity contribution in [2.75, 3.05) is 40.3 Å². The maximum absolute atomic E-state index is 12.1. The molecule has 1 amide bonds. The highest BCUT2D eigenvalue weighted by Gasteiger charge is 2.31. The molecule has 0 aromatic heterocycles. The Morgan fingerprint density at radius 1 is 1.25 bits per heavy atom. The van der Waals surface area contributed by atoms with Crippen LogP contribution in [-0.2, 0) is 11.2 Å². The molecule has 1 heterocycles. The van der Waals surface area contributed by atoms with Crippen LogP contribution in [0.1, 0.15) is 5.56 Å². The summed E-state index contributed by atoms with van der Waals surface area (Å²) >= 11 is 0. The van der Waals surface area contributed by atoms with Crippen molar-refractivity contribution in [3.05, 3.63) is 29.8 Å². The predicted molar refractivity (Wildman–Crippen MR) is 83.8 cm³/mol. The second-order valence-corrected chi connectivity index (χ2v) is 6.07. The summed E-state index contributed by atoms with van der Waals surface area (Å²) in [5.41, 5.74) is 0.635. The minimum absolute atomic E-state index is 0.124. The summed E-state index contributed by atoms with van der Waals surface area (Å²) in [6, 6.07) is 5.60. The van der Waals surface area contributed by atoms with Crippen LogP contribution in [0.3, 0.4) is 0 Å². The number of alkyl halides is 3. The van der Waals surface area contributed by atoms with Gasteiger partial charge in [-0.1, -0.05) is 12.1 Å². The third-order valence-electron chi connectivity index (χ3n) is 4.04. The zero-order chi connectivity index (χ0) is 17.7. The first kappa shape index (κ1) is 18.5. The molecule has 1 atom stereocenters. The van der Waals surface area contributed by atoms with Crippen LogP contribution in [0.5, 0.6) is 5.75 Å². The van der Waals surface area contributed by atoms with Crippen LogP contribution in [-0.4, -0.2) is 68.4 Å². The third kappa shape index (κ3) is 6.01. The second kappa shape index (κ2) is 7.85. The van der Waals surface area contributed by atoms with Gasteiger partial charge in [0.05, 0.1) is 6.42 Å². The second-order valence-electron chi connectivity index (χ2n) is 6.07. The van der Waals surface area contributed by atoms with Crippen molar-refractivity contribution in [1.82, 2.24) is 15.1 Å². The number of likely N-dealkylation sites (N-methyl/N-ethyl adjacent to an activating group) is 2. The molecular formula is C16H22F3N3O2. The van der Waals surface area contributed by atoms with Gasteiger partial charge in [0.1, 0.15) is 5.75 Å². The monoisotopic (exact) mass is 345 g/mol. The van der Waals surface area contributed by atoms with Gasteiger partial charge in [0.15, 0.2) is 0 Å². The molecule has 1 aliphatic heterocycles. The molecule has 1 unspecified atom stereocenters. The standard InChI is InChI=1S/C16H22F3N3O2/c1-21-7-8-22(2)13(11-21)10-20-15(23)9-12-3-5-14(6-4-12)24-16(17,18)19/h3-6,13H,7-11H2,1-2H3,(H,20,23). The van der Waals surface area contributed by atoms with E-state index in [0.29, 0.717) is 12.1 Å². The minimum atomic E-state index is -4.71. The molecule has 1 fully saturated rings. The van der Waals surface area contributed by atoms with E-state index < -0.39 is 6.36 Å². The number of hydrogen-bond acceptors (Lipinski definition) is 4. The van der Waals surface area contributed by atoms with E-state index >= 15 is 0 Å². The molecule has 1 N–H and O–H groups in total. The Balaban J connectivity index is 1.79. The van der Waals surface area contributed by atoms with E-state index in [0.717, 1.165) is 19.6 Å². The van der Waals surface area contributed by atoms with E-state index in [-0.39, 0.29) is 24.1 Å². The van der Waals surface area contributed by atoms with Crippen LogP contribution in [0.25, 0.3) is 0 Å². The van der Waals surface area contributed by atoms with Gasteiger partial charge in [-0.05, 0) is 31.8 Å². The summed E-state index contributed by atoms with van der Waals surface area (Å²) in [4.78, 5) is 16.4. The Bertz CT molecular complexity index is 548. The van der Waals surface area contributed by atoms with E-state index in [4.69, 9.17) is 0 Å². The summed E-state index contributed by atoms with van der Waals surface area (Å²) in [5, 5.41) is 2.89. The average molecular weight is 345 g/mol. The smallest absolute Gasteiger partial charge is 0.406 e. The van der Waals surface area contributed by atoms with Gasteiger partial charge in [-0.3, -0.25) is 9.69 Å². The molecule has 1 aromatic carbocycles. The lowest BCUT2D eigenvalue weighted by molar-refractivity contribution is -0.274. The normalized spacial score (nSPS) is 20.0. The summed E-state index contributed by atoms with van der Waals surface area (Å²) in [6.45, 7) is 3.40. The van der Waals surface area contributed by atoms with Gasteiger partial charge in [-0.25, -0.2) is 0 Å². The summed E-state index contributed by atoms with van der Waals surface area (Å²) in [6.07, 6.45) is -4.59. The zero-order valence-corrected chi connectivity index (χ0v) is 13.8. The first-order chi connectivity index (χ1) is 11.2. The number of nitrogens with one attached hydrogen (secondary N) is 1. The molecule has 0 aliphatic carbocycles. The van der Waals surface area contributed by atoms with Gasteiger partial charge in [0.25, 0.3) is 0 Å². The molecule has 0 bridgehead atoms. The van der Waals surface area contributed by atoms with Gasteiger partial charge in [0.2, 0.25) is 5.91 Å². The van der Waals surface area contributed by atoms with Gasteiger partial charge < -0.3 is 15.0 Å². The number of nitrogens with zero attached hydrogens (tertiary/aromatic N) is 2. The lowest BCUT2D eigenvalue weighted by Crippen LogP contribution is -2.54. The first-order valence-corrected chi connectivity index (χ1v) is 7.73. The molecule has 2 rings (SSSR count). The molecule has 24 heavy (non-hydrogen) atoms. The lowest BCUT2D eigenvalue weighted by atomic mass is 10.1. The molecule has 0 radical (unpaired) electrons. The fraction of sp³-hybridized carbons (Fsp3) is 0.562. The number of benzene rings is 1. The molecule has 1 aromatic rings. The van der Waals surface area contributed by atoms with Crippen molar-refractivity contribution in [2.45, 2.75) is 18.8 Å². The molecular weight excluding hydrogens is 323 g/mol. The van der Waals surface area contributed by atoms with Crippen LogP contribution in [0.15, 0.2) is 24.3 Å². The average Bonchev–Trinajstić information content (AvgIpc) is 2.49. The van der Waals surface area contributed by atoms with E-state index in [1.165, 1.54) is 24.3 Å². The number of piperazine rings is 1. The minimum Gasteiger partial charge on any atom is -0.406 e. The Hall–Kier alpha value is -1.80. The lowest BCUT2D eigenvalue weighted by Gasteiger charge is -2.37. The fourth-order valence-electron chi connectivity index (χ4n) is 2.61. The third-order valence-corrected chi connectivity index (χ3v) is 4.04. The van der Waals surface area contributed by atoms with Gasteiger partial charge in [0, 0.05) is 32.2 Å². The van der Waals surface area contributed by atoms with Crippen molar-refractivity contribution in [2.24, 2.45) is 0 Å². The van der Waals surface area contributed by atoms with Crippen molar-refractivity contribution in [1.29, 1.82) is 0 Å². The van der Waals surface area contributed by atoms with E-state index in [2.05, 4.69) is 19.9 Å².